The van der Waals surface area contributed by atoms with Crippen LogP contribution in [-0.4, -0.2) is 30.0 Å². The van der Waals surface area contributed by atoms with E-state index in [0.29, 0.717) is 11.3 Å². The van der Waals surface area contributed by atoms with Gasteiger partial charge in [0.2, 0.25) is 0 Å². The molecule has 1 aliphatic carbocycles. The molecule has 1 aliphatic heterocycles. The topological polar surface area (TPSA) is 64.6 Å². The van der Waals surface area contributed by atoms with Crippen LogP contribution < -0.4 is 5.56 Å². The summed E-state index contributed by atoms with van der Waals surface area (Å²) in [5.41, 5.74) is 4.78. The van der Waals surface area contributed by atoms with E-state index in [-0.39, 0.29) is 5.56 Å². The number of aromatic nitrogens is 5. The Labute approximate surface area is 152 Å². The second-order valence-electron chi connectivity index (χ2n) is 6.86. The molecule has 3 aromatic heterocycles. The third-order valence-corrected chi connectivity index (χ3v) is 6.51. The quantitative estimate of drug-likeness (QED) is 0.355. The third-order valence-electron chi connectivity index (χ3n) is 5.45. The highest BCUT2D eigenvalue weighted by atomic mass is 32.2. The van der Waals surface area contributed by atoms with Crippen LogP contribution in [0.4, 0.5) is 0 Å². The van der Waals surface area contributed by atoms with Gasteiger partial charge in [-0.1, -0.05) is 29.8 Å². The van der Waals surface area contributed by atoms with E-state index in [4.69, 9.17) is 4.98 Å². The molecule has 0 unspecified atom stereocenters. The van der Waals surface area contributed by atoms with E-state index in [1.807, 2.05) is 24.3 Å². The number of thioether (sulfide) groups is 1. The normalized spacial score (nSPS) is 17.1. The molecule has 0 bridgehead atoms. The van der Waals surface area contributed by atoms with Crippen LogP contribution in [0.25, 0.3) is 27.6 Å². The number of rotatable bonds is 0. The van der Waals surface area contributed by atoms with Gasteiger partial charge in [0.1, 0.15) is 11.4 Å². The molecule has 0 N–H and O–H groups in total. The first-order chi connectivity index (χ1) is 12.8. The molecule has 2 aliphatic rings. The molecular formula is C19H15N5OS. The molecule has 0 amide bonds. The van der Waals surface area contributed by atoms with Crippen LogP contribution in [0.3, 0.4) is 0 Å². The lowest BCUT2D eigenvalue weighted by atomic mass is 9.89. The Kier molecular flexibility index (Phi) is 2.88. The van der Waals surface area contributed by atoms with Crippen LogP contribution in [0.2, 0.25) is 0 Å². The van der Waals surface area contributed by atoms with E-state index in [1.54, 1.807) is 27.1 Å². The van der Waals surface area contributed by atoms with Crippen molar-refractivity contribution in [3.05, 3.63) is 52.1 Å². The number of allylic oxidation sites excluding steroid dienone is 1. The van der Waals surface area contributed by atoms with Gasteiger partial charge in [-0.15, -0.1) is 22.0 Å². The molecule has 0 atom stereocenters. The van der Waals surface area contributed by atoms with Crippen molar-refractivity contribution in [1.82, 2.24) is 24.2 Å². The molecule has 0 saturated heterocycles. The van der Waals surface area contributed by atoms with Gasteiger partial charge in [0, 0.05) is 16.5 Å². The van der Waals surface area contributed by atoms with Crippen molar-refractivity contribution >= 4 is 39.4 Å². The fraction of sp³-hybridized carbons (Fsp3) is 0.263. The zero-order chi connectivity index (χ0) is 17.3. The summed E-state index contributed by atoms with van der Waals surface area (Å²) in [4.78, 5) is 18.5. The van der Waals surface area contributed by atoms with Crippen molar-refractivity contribution in [2.75, 3.05) is 5.75 Å². The molecule has 26 heavy (non-hydrogen) atoms. The van der Waals surface area contributed by atoms with Crippen LogP contribution in [-0.2, 0) is 0 Å². The zero-order valence-electron chi connectivity index (χ0n) is 14.0. The third kappa shape index (κ3) is 1.78. The summed E-state index contributed by atoms with van der Waals surface area (Å²) >= 11 is 1.70. The molecule has 1 aromatic carbocycles. The molecule has 6 nitrogen and oxygen atoms in total. The number of hydrogen-bond acceptors (Lipinski definition) is 5. The maximum absolute atomic E-state index is 13.6. The minimum absolute atomic E-state index is 0.0119. The van der Waals surface area contributed by atoms with E-state index in [9.17, 15) is 4.79 Å². The van der Waals surface area contributed by atoms with Crippen LogP contribution in [0, 0.1) is 0 Å². The summed E-state index contributed by atoms with van der Waals surface area (Å²) in [6.07, 6.45) is 6.03. The summed E-state index contributed by atoms with van der Waals surface area (Å²) in [5, 5.41) is 11.0. The Morgan fingerprint density at radius 1 is 1.04 bits per heavy atom. The van der Waals surface area contributed by atoms with Crippen molar-refractivity contribution in [2.24, 2.45) is 0 Å². The second-order valence-corrected chi connectivity index (χ2v) is 7.82. The van der Waals surface area contributed by atoms with Gasteiger partial charge in [-0.3, -0.25) is 4.79 Å². The molecule has 128 valence electrons. The molecule has 7 heteroatoms. The molecule has 0 radical (unpaired) electrons. The Morgan fingerprint density at radius 2 is 1.85 bits per heavy atom. The van der Waals surface area contributed by atoms with Crippen molar-refractivity contribution in [1.29, 1.82) is 0 Å². The van der Waals surface area contributed by atoms with Crippen LogP contribution in [0.1, 0.15) is 31.2 Å². The van der Waals surface area contributed by atoms with Crippen molar-refractivity contribution < 1.29 is 0 Å². The van der Waals surface area contributed by atoms with E-state index in [2.05, 4.69) is 10.2 Å². The average Bonchev–Trinajstić information content (AvgIpc) is 3.17. The maximum atomic E-state index is 13.6. The molecule has 4 heterocycles. The van der Waals surface area contributed by atoms with Gasteiger partial charge in [-0.2, -0.15) is 4.52 Å². The lowest BCUT2D eigenvalue weighted by Gasteiger charge is -2.26. The first-order valence-electron chi connectivity index (χ1n) is 8.84. The van der Waals surface area contributed by atoms with Crippen molar-refractivity contribution in [3.63, 3.8) is 0 Å². The number of hydrogen-bond donors (Lipinski definition) is 0. The number of nitrogens with zero attached hydrogens (tertiary/aromatic N) is 5. The minimum Gasteiger partial charge on any atom is -0.267 e. The van der Waals surface area contributed by atoms with Gasteiger partial charge in [-0.25, -0.2) is 9.50 Å². The summed E-state index contributed by atoms with van der Waals surface area (Å²) in [5.74, 6) is 0.956. The lowest BCUT2D eigenvalue weighted by Crippen LogP contribution is -2.27. The smallest absolute Gasteiger partial charge is 0.267 e. The highest BCUT2D eigenvalue weighted by Gasteiger charge is 2.28. The van der Waals surface area contributed by atoms with Crippen molar-refractivity contribution in [2.45, 2.75) is 30.7 Å². The summed E-state index contributed by atoms with van der Waals surface area (Å²) in [6.45, 7) is 0. The highest BCUT2D eigenvalue weighted by Crippen LogP contribution is 2.41. The largest absolute Gasteiger partial charge is 0.281 e. The van der Waals surface area contributed by atoms with Crippen LogP contribution in [0.5, 0.6) is 0 Å². The van der Waals surface area contributed by atoms with Crippen molar-refractivity contribution in [3.8, 4) is 0 Å². The van der Waals surface area contributed by atoms with Crippen LogP contribution in [0.15, 0.2) is 46.0 Å². The van der Waals surface area contributed by atoms with Gasteiger partial charge in [0.15, 0.2) is 11.3 Å². The van der Waals surface area contributed by atoms with Gasteiger partial charge in [0.25, 0.3) is 5.56 Å². The standard InChI is InChI=1S/C19H15N5OS/c25-19-15-12-6-2-1-5-11(12)9-26-18(15)21-16-13-7-3-4-8-14(13)17-22-20-10-23(17)24(16)19/h3-4,7-8,10H,1-2,5-6,9H2. The van der Waals surface area contributed by atoms with E-state index >= 15 is 0 Å². The summed E-state index contributed by atoms with van der Waals surface area (Å²) in [7, 11) is 0. The van der Waals surface area contributed by atoms with Gasteiger partial charge < -0.3 is 0 Å². The van der Waals surface area contributed by atoms with Gasteiger partial charge in [-0.05, 0) is 31.3 Å². The molecular weight excluding hydrogens is 346 g/mol. The average molecular weight is 361 g/mol. The monoisotopic (exact) mass is 361 g/mol. The molecule has 0 fully saturated rings. The van der Waals surface area contributed by atoms with Crippen LogP contribution >= 0.6 is 11.8 Å². The predicted molar refractivity (Wildman–Crippen MR) is 102 cm³/mol. The fourth-order valence-electron chi connectivity index (χ4n) is 4.24. The Bertz CT molecular complexity index is 1320. The molecule has 6 rings (SSSR count). The summed E-state index contributed by atoms with van der Waals surface area (Å²) < 4.78 is 3.37. The number of fused-ring (bicyclic) bond motifs is 8. The Balaban J connectivity index is 1.85. The second kappa shape index (κ2) is 5.17. The Hall–Kier alpha value is -2.67. The zero-order valence-corrected chi connectivity index (χ0v) is 14.8. The molecule has 4 aromatic rings. The predicted octanol–water partition coefficient (Wildman–Crippen LogP) is 3.32. The summed E-state index contributed by atoms with van der Waals surface area (Å²) in [6, 6.07) is 7.93. The molecule has 0 saturated carbocycles. The van der Waals surface area contributed by atoms with Gasteiger partial charge >= 0.3 is 0 Å². The first kappa shape index (κ1) is 14.5. The number of benzene rings is 1. The molecule has 0 spiro atoms. The fourth-order valence-corrected chi connectivity index (χ4v) is 5.38. The SMILES string of the molecule is O=c1c2c(nc3c4ccccc4c4nncn4n13)SCC1=C2CCCC1. The van der Waals surface area contributed by atoms with E-state index < -0.39 is 0 Å². The van der Waals surface area contributed by atoms with E-state index in [1.165, 1.54) is 17.6 Å². The lowest BCUT2D eigenvalue weighted by molar-refractivity contribution is 0.704. The first-order valence-corrected chi connectivity index (χ1v) is 9.83. The highest BCUT2D eigenvalue weighted by molar-refractivity contribution is 7.99. The Morgan fingerprint density at radius 3 is 2.73 bits per heavy atom. The maximum Gasteiger partial charge on any atom is 0.281 e. The minimum atomic E-state index is -0.0119. The van der Waals surface area contributed by atoms with Gasteiger partial charge in [0.05, 0.1) is 5.56 Å². The van der Waals surface area contributed by atoms with E-state index in [0.717, 1.165) is 46.4 Å².